The van der Waals surface area contributed by atoms with Crippen LogP contribution in [0.15, 0.2) is 36.7 Å². The molecule has 7 heteroatoms. The van der Waals surface area contributed by atoms with Crippen molar-refractivity contribution in [3.05, 3.63) is 52.8 Å². The van der Waals surface area contributed by atoms with Crippen LogP contribution in [0.4, 0.5) is 5.69 Å². The van der Waals surface area contributed by atoms with Gasteiger partial charge in [0, 0.05) is 23.5 Å². The summed E-state index contributed by atoms with van der Waals surface area (Å²) in [6.45, 7) is 1.40. The molecule has 0 fully saturated rings. The molecule has 0 aliphatic heterocycles. The molecule has 0 bridgehead atoms. The monoisotopic (exact) mass is 334 g/mol. The van der Waals surface area contributed by atoms with E-state index in [1.807, 2.05) is 0 Å². The zero-order valence-electron chi connectivity index (χ0n) is 12.6. The Kier molecular flexibility index (Phi) is 5.54. The highest BCUT2D eigenvalue weighted by atomic mass is 35.5. The van der Waals surface area contributed by atoms with Crippen molar-refractivity contribution in [2.75, 3.05) is 19.0 Å². The van der Waals surface area contributed by atoms with Gasteiger partial charge in [-0.3, -0.25) is 9.78 Å². The van der Waals surface area contributed by atoms with Crippen LogP contribution in [-0.4, -0.2) is 30.6 Å². The topological polar surface area (TPSA) is 77.5 Å². The molecule has 0 aliphatic rings. The molecule has 0 aliphatic carbocycles. The van der Waals surface area contributed by atoms with Gasteiger partial charge in [0.15, 0.2) is 6.61 Å². The van der Waals surface area contributed by atoms with Crippen molar-refractivity contribution in [3.63, 3.8) is 0 Å². The number of aryl methyl sites for hydroxylation is 1. The number of amides is 1. The number of benzene rings is 1. The van der Waals surface area contributed by atoms with Gasteiger partial charge in [-0.25, -0.2) is 4.79 Å². The first kappa shape index (κ1) is 16.8. The third kappa shape index (κ3) is 4.43. The van der Waals surface area contributed by atoms with E-state index in [2.05, 4.69) is 10.3 Å². The lowest BCUT2D eigenvalue weighted by molar-refractivity contribution is -0.119. The first-order chi connectivity index (χ1) is 11.0. The van der Waals surface area contributed by atoms with E-state index in [0.717, 1.165) is 5.56 Å². The van der Waals surface area contributed by atoms with Gasteiger partial charge in [0.1, 0.15) is 5.75 Å². The molecule has 1 amide bonds. The Hall–Kier alpha value is -2.60. The molecule has 1 N–H and O–H groups in total. The van der Waals surface area contributed by atoms with Crippen molar-refractivity contribution in [1.29, 1.82) is 0 Å². The van der Waals surface area contributed by atoms with Crippen LogP contribution in [0.2, 0.25) is 5.02 Å². The second kappa shape index (κ2) is 7.60. The fourth-order valence-electron chi connectivity index (χ4n) is 1.82. The highest BCUT2D eigenvalue weighted by Gasteiger charge is 2.13. The van der Waals surface area contributed by atoms with Crippen LogP contribution >= 0.6 is 11.6 Å². The number of anilines is 1. The van der Waals surface area contributed by atoms with E-state index in [9.17, 15) is 9.59 Å². The number of esters is 1. The maximum atomic E-state index is 11.9. The van der Waals surface area contributed by atoms with Gasteiger partial charge >= 0.3 is 5.97 Å². The summed E-state index contributed by atoms with van der Waals surface area (Å²) in [5.74, 6) is -0.649. The fraction of sp³-hybridized carbons (Fsp3) is 0.188. The van der Waals surface area contributed by atoms with Crippen LogP contribution in [0.5, 0.6) is 5.75 Å². The minimum Gasteiger partial charge on any atom is -0.495 e. The maximum Gasteiger partial charge on any atom is 0.338 e. The van der Waals surface area contributed by atoms with Crippen molar-refractivity contribution in [1.82, 2.24) is 4.98 Å². The summed E-state index contributed by atoms with van der Waals surface area (Å²) >= 11 is 6.00. The molecule has 0 unspecified atom stereocenters. The van der Waals surface area contributed by atoms with Gasteiger partial charge in [-0.05, 0) is 30.7 Å². The molecule has 0 spiro atoms. The summed E-state index contributed by atoms with van der Waals surface area (Å²) < 4.78 is 10.1. The number of carbonyl (C=O) groups is 2. The molecule has 23 heavy (non-hydrogen) atoms. The fourth-order valence-corrected chi connectivity index (χ4v) is 1.97. The number of methoxy groups -OCH3 is 1. The Bertz CT molecular complexity index is 720. The molecule has 0 saturated carbocycles. The average Bonchev–Trinajstić information content (AvgIpc) is 2.56. The number of nitrogens with one attached hydrogen (secondary N) is 1. The number of aromatic nitrogens is 1. The van der Waals surface area contributed by atoms with Crippen LogP contribution < -0.4 is 10.1 Å². The summed E-state index contributed by atoms with van der Waals surface area (Å²) in [5, 5.41) is 3.16. The van der Waals surface area contributed by atoms with E-state index in [-0.39, 0.29) is 0 Å². The molecule has 1 aromatic heterocycles. The molecular weight excluding hydrogens is 320 g/mol. The smallest absolute Gasteiger partial charge is 0.338 e. The third-order valence-corrected chi connectivity index (χ3v) is 3.41. The molecule has 0 atom stereocenters. The molecule has 2 aromatic rings. The number of ether oxygens (including phenoxy) is 2. The molecule has 6 nitrogen and oxygen atoms in total. The van der Waals surface area contributed by atoms with Gasteiger partial charge in [0.2, 0.25) is 0 Å². The minimum atomic E-state index is -0.596. The van der Waals surface area contributed by atoms with Gasteiger partial charge in [-0.15, -0.1) is 0 Å². The van der Waals surface area contributed by atoms with Crippen molar-refractivity contribution in [2.24, 2.45) is 0 Å². The Morgan fingerprint density at radius 1 is 1.26 bits per heavy atom. The number of halogens is 1. The van der Waals surface area contributed by atoms with Crippen molar-refractivity contribution >= 4 is 29.2 Å². The van der Waals surface area contributed by atoms with E-state index >= 15 is 0 Å². The largest absolute Gasteiger partial charge is 0.495 e. The maximum absolute atomic E-state index is 11.9. The van der Waals surface area contributed by atoms with Gasteiger partial charge in [0.25, 0.3) is 5.91 Å². The van der Waals surface area contributed by atoms with E-state index < -0.39 is 18.5 Å². The van der Waals surface area contributed by atoms with Crippen molar-refractivity contribution in [3.8, 4) is 5.75 Å². The third-order valence-electron chi connectivity index (χ3n) is 3.01. The molecule has 0 radical (unpaired) electrons. The zero-order valence-corrected chi connectivity index (χ0v) is 13.4. The minimum absolute atomic E-state index is 0.327. The highest BCUT2D eigenvalue weighted by Crippen LogP contribution is 2.30. The Morgan fingerprint density at radius 3 is 2.61 bits per heavy atom. The number of rotatable bonds is 5. The van der Waals surface area contributed by atoms with E-state index in [4.69, 9.17) is 21.1 Å². The Balaban J connectivity index is 1.98. The standard InChI is InChI=1S/C16H15ClN2O4/c1-10-7-13(14(22-2)8-12(10)17)19-15(20)9-23-16(21)11-3-5-18-6-4-11/h3-8H,9H2,1-2H3,(H,19,20). The number of hydrogen-bond acceptors (Lipinski definition) is 5. The van der Waals surface area contributed by atoms with E-state index in [1.54, 1.807) is 19.1 Å². The second-order valence-electron chi connectivity index (χ2n) is 4.66. The normalized spacial score (nSPS) is 10.0. The van der Waals surface area contributed by atoms with E-state index in [1.165, 1.54) is 31.6 Å². The number of hydrogen-bond donors (Lipinski definition) is 1. The van der Waals surface area contributed by atoms with Crippen LogP contribution in [-0.2, 0) is 9.53 Å². The zero-order chi connectivity index (χ0) is 16.8. The Labute approximate surface area is 138 Å². The lowest BCUT2D eigenvalue weighted by Crippen LogP contribution is -2.21. The summed E-state index contributed by atoms with van der Waals surface area (Å²) in [6.07, 6.45) is 2.94. The van der Waals surface area contributed by atoms with Gasteiger partial charge in [0.05, 0.1) is 18.4 Å². The average molecular weight is 335 g/mol. The number of nitrogens with zero attached hydrogens (tertiary/aromatic N) is 1. The summed E-state index contributed by atoms with van der Waals surface area (Å²) in [5.41, 5.74) is 1.57. The summed E-state index contributed by atoms with van der Waals surface area (Å²) in [6, 6.07) is 6.30. The highest BCUT2D eigenvalue weighted by molar-refractivity contribution is 6.31. The predicted molar refractivity (Wildman–Crippen MR) is 85.9 cm³/mol. The van der Waals surface area contributed by atoms with E-state index in [0.29, 0.717) is 22.0 Å². The van der Waals surface area contributed by atoms with Gasteiger partial charge < -0.3 is 14.8 Å². The molecule has 1 heterocycles. The van der Waals surface area contributed by atoms with Gasteiger partial charge in [-0.1, -0.05) is 11.6 Å². The van der Waals surface area contributed by atoms with Crippen molar-refractivity contribution in [2.45, 2.75) is 6.92 Å². The first-order valence-corrected chi connectivity index (χ1v) is 7.10. The molecular formula is C16H15ClN2O4. The van der Waals surface area contributed by atoms with Crippen LogP contribution in [0.3, 0.4) is 0 Å². The second-order valence-corrected chi connectivity index (χ2v) is 5.07. The molecule has 120 valence electrons. The quantitative estimate of drug-likeness (QED) is 0.851. The predicted octanol–water partition coefficient (Wildman–Crippen LogP) is 2.85. The Morgan fingerprint density at radius 2 is 1.96 bits per heavy atom. The number of pyridine rings is 1. The molecule has 2 rings (SSSR count). The number of carbonyl (C=O) groups excluding carboxylic acids is 2. The first-order valence-electron chi connectivity index (χ1n) is 6.72. The SMILES string of the molecule is COc1cc(Cl)c(C)cc1NC(=O)COC(=O)c1ccncc1. The molecule has 0 saturated heterocycles. The lowest BCUT2D eigenvalue weighted by Gasteiger charge is -2.12. The van der Waals surface area contributed by atoms with Crippen LogP contribution in [0.25, 0.3) is 0 Å². The summed E-state index contributed by atoms with van der Waals surface area (Å²) in [4.78, 5) is 27.5. The van der Waals surface area contributed by atoms with Crippen LogP contribution in [0, 0.1) is 6.92 Å². The lowest BCUT2D eigenvalue weighted by atomic mass is 10.2. The van der Waals surface area contributed by atoms with Crippen LogP contribution in [0.1, 0.15) is 15.9 Å². The summed E-state index contributed by atoms with van der Waals surface area (Å²) in [7, 11) is 1.47. The van der Waals surface area contributed by atoms with Gasteiger partial charge in [-0.2, -0.15) is 0 Å². The van der Waals surface area contributed by atoms with Crippen molar-refractivity contribution < 1.29 is 19.1 Å². The molecule has 1 aromatic carbocycles.